The minimum absolute atomic E-state index is 0.0186. The van der Waals surface area contributed by atoms with Gasteiger partial charge in [-0.1, -0.05) is 73.5 Å². The summed E-state index contributed by atoms with van der Waals surface area (Å²) in [7, 11) is 0. The summed E-state index contributed by atoms with van der Waals surface area (Å²) in [5.74, 6) is 1.18. The second-order valence-electron chi connectivity index (χ2n) is 7.72. The number of rotatable bonds is 7. The lowest BCUT2D eigenvalue weighted by atomic mass is 10.2. The second-order valence-corrected chi connectivity index (χ2v) is 9.02. The van der Waals surface area contributed by atoms with Crippen LogP contribution in [0.2, 0.25) is 5.15 Å². The van der Waals surface area contributed by atoms with Crippen LogP contribution in [0, 0.1) is 0 Å². The number of hydrogen-bond acceptors (Lipinski definition) is 5. The number of benzene rings is 2. The van der Waals surface area contributed by atoms with E-state index in [-0.39, 0.29) is 5.56 Å². The van der Waals surface area contributed by atoms with Crippen molar-refractivity contribution in [2.45, 2.75) is 43.6 Å². The van der Waals surface area contributed by atoms with Crippen LogP contribution < -0.4 is 5.56 Å². The molecule has 0 aliphatic rings. The Morgan fingerprint density at radius 3 is 2.72 bits per heavy atom. The Hall–Kier alpha value is -2.90. The predicted molar refractivity (Wildman–Crippen MR) is 131 cm³/mol. The molecule has 0 amide bonds. The van der Waals surface area contributed by atoms with Crippen molar-refractivity contribution >= 4 is 50.9 Å². The molecule has 0 atom stereocenters. The SMILES string of the molecule is CCCCCn1c(=O)c2ccccc2n2c(SCc3cc4ccccc4nc3Cl)nnc12. The molecule has 6 nitrogen and oxygen atoms in total. The topological polar surface area (TPSA) is 65.1 Å². The fourth-order valence-electron chi connectivity index (χ4n) is 3.93. The molecule has 0 saturated carbocycles. The van der Waals surface area contributed by atoms with Crippen molar-refractivity contribution in [1.82, 2.24) is 24.1 Å². The van der Waals surface area contributed by atoms with Crippen molar-refractivity contribution in [3.8, 4) is 0 Å². The molecule has 0 N–H and O–H groups in total. The van der Waals surface area contributed by atoms with E-state index < -0.39 is 0 Å². The van der Waals surface area contributed by atoms with Crippen molar-refractivity contribution in [1.29, 1.82) is 0 Å². The number of thioether (sulfide) groups is 1. The molecule has 0 spiro atoms. The third-order valence-corrected chi connectivity index (χ3v) is 6.88. The molecule has 3 heterocycles. The van der Waals surface area contributed by atoms with Gasteiger partial charge in [-0.25, -0.2) is 4.98 Å². The zero-order chi connectivity index (χ0) is 22.1. The van der Waals surface area contributed by atoms with Gasteiger partial charge in [0.2, 0.25) is 5.78 Å². The number of halogens is 1. The van der Waals surface area contributed by atoms with Gasteiger partial charge in [0.05, 0.1) is 16.4 Å². The Bertz CT molecular complexity index is 1490. The highest BCUT2D eigenvalue weighted by Crippen LogP contribution is 2.29. The molecule has 3 aromatic heterocycles. The highest BCUT2D eigenvalue weighted by Gasteiger charge is 2.17. The maximum Gasteiger partial charge on any atom is 0.262 e. The van der Waals surface area contributed by atoms with Crippen LogP contribution >= 0.6 is 23.4 Å². The van der Waals surface area contributed by atoms with Crippen LogP contribution in [0.5, 0.6) is 0 Å². The van der Waals surface area contributed by atoms with Crippen molar-refractivity contribution in [2.75, 3.05) is 0 Å². The molecule has 5 aromatic rings. The minimum atomic E-state index is -0.0186. The predicted octanol–water partition coefficient (Wildman–Crippen LogP) is 5.73. The van der Waals surface area contributed by atoms with E-state index in [4.69, 9.17) is 11.6 Å². The molecule has 0 aliphatic carbocycles. The van der Waals surface area contributed by atoms with Gasteiger partial charge in [-0.2, -0.15) is 0 Å². The summed E-state index contributed by atoms with van der Waals surface area (Å²) < 4.78 is 3.73. The Morgan fingerprint density at radius 2 is 1.84 bits per heavy atom. The van der Waals surface area contributed by atoms with Crippen molar-refractivity contribution in [2.24, 2.45) is 0 Å². The van der Waals surface area contributed by atoms with Gasteiger partial charge >= 0.3 is 0 Å². The Balaban J connectivity index is 1.56. The Labute approximate surface area is 194 Å². The zero-order valence-corrected chi connectivity index (χ0v) is 19.2. The first-order chi connectivity index (χ1) is 15.7. The van der Waals surface area contributed by atoms with Gasteiger partial charge in [0.25, 0.3) is 5.56 Å². The van der Waals surface area contributed by atoms with E-state index in [9.17, 15) is 4.79 Å². The number of unbranched alkanes of at least 4 members (excludes halogenated alkanes) is 2. The normalized spacial score (nSPS) is 11.7. The smallest absolute Gasteiger partial charge is 0.262 e. The summed E-state index contributed by atoms with van der Waals surface area (Å²) in [6, 6.07) is 17.6. The average Bonchev–Trinajstić information content (AvgIpc) is 3.24. The number of para-hydroxylation sites is 2. The van der Waals surface area contributed by atoms with Crippen molar-refractivity contribution < 1.29 is 0 Å². The van der Waals surface area contributed by atoms with E-state index in [1.165, 1.54) is 11.8 Å². The fraction of sp³-hybridized carbons (Fsp3) is 0.250. The van der Waals surface area contributed by atoms with E-state index in [0.29, 0.717) is 28.6 Å². The number of fused-ring (bicyclic) bond motifs is 4. The molecule has 0 fully saturated rings. The van der Waals surface area contributed by atoms with E-state index in [1.807, 2.05) is 52.9 Å². The van der Waals surface area contributed by atoms with Gasteiger partial charge in [0.15, 0.2) is 5.16 Å². The van der Waals surface area contributed by atoms with Crippen LogP contribution in [0.25, 0.3) is 27.6 Å². The maximum atomic E-state index is 13.1. The molecular weight excluding hydrogens is 442 g/mol. The van der Waals surface area contributed by atoms with Crippen LogP contribution in [0.15, 0.2) is 64.5 Å². The monoisotopic (exact) mass is 463 g/mol. The van der Waals surface area contributed by atoms with Crippen LogP contribution in [-0.4, -0.2) is 24.1 Å². The first-order valence-corrected chi connectivity index (χ1v) is 12.1. The van der Waals surface area contributed by atoms with Crippen molar-refractivity contribution in [3.05, 3.63) is 75.7 Å². The third kappa shape index (κ3) is 3.76. The molecule has 0 radical (unpaired) electrons. The fourth-order valence-corrected chi connectivity index (χ4v) is 5.13. The third-order valence-electron chi connectivity index (χ3n) is 5.57. The first kappa shape index (κ1) is 21.0. The number of aromatic nitrogens is 5. The minimum Gasteiger partial charge on any atom is -0.276 e. The maximum absolute atomic E-state index is 13.1. The van der Waals surface area contributed by atoms with Crippen LogP contribution in [-0.2, 0) is 12.3 Å². The first-order valence-electron chi connectivity index (χ1n) is 10.7. The van der Waals surface area contributed by atoms with Gasteiger partial charge in [-0.15, -0.1) is 10.2 Å². The molecule has 5 rings (SSSR count). The number of pyridine rings is 1. The van der Waals surface area contributed by atoms with Gasteiger partial charge in [-0.3, -0.25) is 13.8 Å². The number of nitrogens with zero attached hydrogens (tertiary/aromatic N) is 5. The summed E-state index contributed by atoms with van der Waals surface area (Å²) >= 11 is 8.00. The summed E-state index contributed by atoms with van der Waals surface area (Å²) in [5, 5.41) is 11.8. The van der Waals surface area contributed by atoms with Crippen LogP contribution in [0.1, 0.15) is 31.7 Å². The van der Waals surface area contributed by atoms with Gasteiger partial charge in [0.1, 0.15) is 5.15 Å². The average molecular weight is 464 g/mol. The molecule has 8 heteroatoms. The summed E-state index contributed by atoms with van der Waals surface area (Å²) in [4.78, 5) is 17.7. The quantitative estimate of drug-likeness (QED) is 0.175. The molecule has 0 saturated heterocycles. The lowest BCUT2D eigenvalue weighted by molar-refractivity contribution is 0.594. The Kier molecular flexibility index (Phi) is 5.85. The van der Waals surface area contributed by atoms with E-state index in [0.717, 1.165) is 46.4 Å². The highest BCUT2D eigenvalue weighted by atomic mass is 35.5. The Morgan fingerprint density at radius 1 is 1.03 bits per heavy atom. The summed E-state index contributed by atoms with van der Waals surface area (Å²) in [6.07, 6.45) is 3.08. The molecular formula is C24H22ClN5OS. The van der Waals surface area contributed by atoms with Gasteiger partial charge < -0.3 is 0 Å². The standard InChI is InChI=1S/C24H22ClN5OS/c1-2-3-8-13-29-22(31)18-10-5-7-12-20(18)30-23(29)27-28-24(30)32-15-17-14-16-9-4-6-11-19(16)26-21(17)25/h4-7,9-12,14H,2-3,8,13,15H2,1H3. The van der Waals surface area contributed by atoms with E-state index in [1.54, 1.807) is 4.57 Å². The molecule has 0 unspecified atom stereocenters. The molecule has 0 aliphatic heterocycles. The molecule has 0 bridgehead atoms. The van der Waals surface area contributed by atoms with Crippen LogP contribution in [0.3, 0.4) is 0 Å². The summed E-state index contributed by atoms with van der Waals surface area (Å²) in [5.41, 5.74) is 2.61. The number of hydrogen-bond donors (Lipinski definition) is 0. The van der Waals surface area contributed by atoms with Crippen molar-refractivity contribution in [3.63, 3.8) is 0 Å². The second kappa shape index (κ2) is 8.92. The largest absolute Gasteiger partial charge is 0.276 e. The molecule has 2 aromatic carbocycles. The highest BCUT2D eigenvalue weighted by molar-refractivity contribution is 7.98. The zero-order valence-electron chi connectivity index (χ0n) is 17.7. The lowest BCUT2D eigenvalue weighted by Crippen LogP contribution is -2.23. The lowest BCUT2D eigenvalue weighted by Gasteiger charge is -2.11. The molecule has 162 valence electrons. The van der Waals surface area contributed by atoms with Gasteiger partial charge in [0, 0.05) is 23.2 Å². The van der Waals surface area contributed by atoms with Gasteiger partial charge in [-0.05, 0) is 30.7 Å². The van der Waals surface area contributed by atoms with E-state index >= 15 is 0 Å². The van der Waals surface area contributed by atoms with Crippen LogP contribution in [0.4, 0.5) is 0 Å². The number of aryl methyl sites for hydroxylation is 1. The summed E-state index contributed by atoms with van der Waals surface area (Å²) in [6.45, 7) is 2.78. The van der Waals surface area contributed by atoms with E-state index in [2.05, 4.69) is 28.2 Å². The molecule has 32 heavy (non-hydrogen) atoms.